The molecule has 0 aliphatic rings. The first kappa shape index (κ1) is 12.1. The summed E-state index contributed by atoms with van der Waals surface area (Å²) in [6.45, 7) is 0. The van der Waals surface area contributed by atoms with E-state index in [0.29, 0.717) is 17.8 Å². The van der Waals surface area contributed by atoms with Crippen molar-refractivity contribution in [2.24, 2.45) is 0 Å². The first-order valence-corrected chi connectivity index (χ1v) is 5.94. The van der Waals surface area contributed by atoms with Crippen molar-refractivity contribution in [1.82, 2.24) is 9.97 Å². The van der Waals surface area contributed by atoms with E-state index in [4.69, 9.17) is 0 Å². The highest BCUT2D eigenvalue weighted by Crippen LogP contribution is 2.25. The van der Waals surface area contributed by atoms with Crippen LogP contribution in [-0.2, 0) is 6.42 Å². The molecular weight excluding hydrogens is 290 g/mol. The zero-order valence-electron chi connectivity index (χ0n) is 8.78. The second kappa shape index (κ2) is 5.31. The fourth-order valence-corrected chi connectivity index (χ4v) is 2.05. The Morgan fingerprint density at radius 2 is 1.82 bits per heavy atom. The van der Waals surface area contributed by atoms with Crippen LogP contribution in [0.4, 0.5) is 8.78 Å². The summed E-state index contributed by atoms with van der Waals surface area (Å²) >= 11 is 3.37. The van der Waals surface area contributed by atoms with E-state index in [1.54, 1.807) is 24.5 Å². The van der Waals surface area contributed by atoms with Crippen LogP contribution in [0.5, 0.6) is 0 Å². The molecule has 2 nitrogen and oxygen atoms in total. The summed E-state index contributed by atoms with van der Waals surface area (Å²) in [7, 11) is 0. The van der Waals surface area contributed by atoms with E-state index in [9.17, 15) is 8.78 Å². The third kappa shape index (κ3) is 2.85. The molecule has 0 aliphatic heterocycles. The second-order valence-electron chi connectivity index (χ2n) is 3.49. The molecule has 0 radical (unpaired) electrons. The predicted octanol–water partition coefficient (Wildman–Crippen LogP) is 3.43. The average Bonchev–Trinajstić information content (AvgIpc) is 2.36. The molecule has 0 saturated carbocycles. The summed E-state index contributed by atoms with van der Waals surface area (Å²) < 4.78 is 26.5. The van der Waals surface area contributed by atoms with Crippen molar-refractivity contribution in [3.63, 3.8) is 0 Å². The molecule has 17 heavy (non-hydrogen) atoms. The Labute approximate surface area is 106 Å². The van der Waals surface area contributed by atoms with Crippen LogP contribution in [0.1, 0.15) is 16.2 Å². The Morgan fingerprint density at radius 1 is 1.12 bits per heavy atom. The molecule has 1 aromatic heterocycles. The average molecular weight is 299 g/mol. The lowest BCUT2D eigenvalue weighted by molar-refractivity contribution is 0.498. The van der Waals surface area contributed by atoms with Crippen LogP contribution < -0.4 is 0 Å². The van der Waals surface area contributed by atoms with Gasteiger partial charge in [-0.2, -0.15) is 0 Å². The highest BCUT2D eigenvalue weighted by atomic mass is 79.9. The van der Waals surface area contributed by atoms with Crippen LogP contribution in [-0.4, -0.2) is 9.97 Å². The van der Waals surface area contributed by atoms with E-state index in [2.05, 4.69) is 25.9 Å². The maximum Gasteiger partial charge on any atom is 0.162 e. The summed E-state index contributed by atoms with van der Waals surface area (Å²) in [5, 5.41) is 0. The van der Waals surface area contributed by atoms with Gasteiger partial charge in [0.15, 0.2) is 11.6 Å². The van der Waals surface area contributed by atoms with Gasteiger partial charge in [-0.3, -0.25) is 0 Å². The molecule has 0 saturated heterocycles. The molecule has 1 unspecified atom stereocenters. The Kier molecular flexibility index (Phi) is 3.78. The van der Waals surface area contributed by atoms with E-state index in [1.165, 1.54) is 6.07 Å². The molecule has 0 bridgehead atoms. The minimum absolute atomic E-state index is 0.236. The molecule has 2 aromatic rings. The van der Waals surface area contributed by atoms with Crippen LogP contribution in [0, 0.1) is 11.6 Å². The maximum atomic E-state index is 13.4. The van der Waals surface area contributed by atoms with Gasteiger partial charge in [0, 0.05) is 12.4 Å². The number of halogens is 3. The SMILES string of the molecule is Fc1cccc(CC(Br)c2ncccn2)c1F. The van der Waals surface area contributed by atoms with E-state index in [1.807, 2.05) is 0 Å². The molecule has 0 fully saturated rings. The maximum absolute atomic E-state index is 13.4. The number of aromatic nitrogens is 2. The molecule has 5 heteroatoms. The predicted molar refractivity (Wildman–Crippen MR) is 63.8 cm³/mol. The monoisotopic (exact) mass is 298 g/mol. The van der Waals surface area contributed by atoms with Gasteiger partial charge in [0.25, 0.3) is 0 Å². The van der Waals surface area contributed by atoms with Crippen molar-refractivity contribution in [3.05, 3.63) is 59.7 Å². The quantitative estimate of drug-likeness (QED) is 0.811. The zero-order chi connectivity index (χ0) is 12.3. The largest absolute Gasteiger partial charge is 0.240 e. The van der Waals surface area contributed by atoms with Gasteiger partial charge in [0.1, 0.15) is 5.82 Å². The minimum Gasteiger partial charge on any atom is -0.240 e. The normalized spacial score (nSPS) is 12.4. The van der Waals surface area contributed by atoms with Gasteiger partial charge < -0.3 is 0 Å². The molecule has 0 aliphatic carbocycles. The summed E-state index contributed by atoms with van der Waals surface area (Å²) in [6.07, 6.45) is 3.52. The zero-order valence-corrected chi connectivity index (χ0v) is 10.4. The lowest BCUT2D eigenvalue weighted by atomic mass is 10.1. The lowest BCUT2D eigenvalue weighted by Crippen LogP contribution is -2.03. The van der Waals surface area contributed by atoms with Crippen molar-refractivity contribution < 1.29 is 8.78 Å². The molecule has 1 heterocycles. The number of rotatable bonds is 3. The van der Waals surface area contributed by atoms with Crippen LogP contribution in [0.25, 0.3) is 0 Å². The molecule has 2 rings (SSSR count). The van der Waals surface area contributed by atoms with Crippen LogP contribution in [0.3, 0.4) is 0 Å². The summed E-state index contributed by atoms with van der Waals surface area (Å²) in [6, 6.07) is 5.84. The smallest absolute Gasteiger partial charge is 0.162 e. The van der Waals surface area contributed by atoms with E-state index < -0.39 is 11.6 Å². The van der Waals surface area contributed by atoms with Crippen molar-refractivity contribution in [2.45, 2.75) is 11.2 Å². The Morgan fingerprint density at radius 3 is 2.53 bits per heavy atom. The van der Waals surface area contributed by atoms with Crippen molar-refractivity contribution in [1.29, 1.82) is 0 Å². The minimum atomic E-state index is -0.837. The first-order valence-electron chi connectivity index (χ1n) is 5.02. The molecule has 88 valence electrons. The number of hydrogen-bond donors (Lipinski definition) is 0. The first-order chi connectivity index (χ1) is 8.18. The van der Waals surface area contributed by atoms with Gasteiger partial charge in [-0.15, -0.1) is 0 Å². The number of nitrogens with zero attached hydrogens (tertiary/aromatic N) is 2. The van der Waals surface area contributed by atoms with Gasteiger partial charge >= 0.3 is 0 Å². The molecule has 0 N–H and O–H groups in total. The summed E-state index contributed by atoms with van der Waals surface area (Å²) in [4.78, 5) is 7.87. The van der Waals surface area contributed by atoms with Gasteiger partial charge in [0.2, 0.25) is 0 Å². The Balaban J connectivity index is 2.19. The summed E-state index contributed by atoms with van der Waals surface area (Å²) in [5.74, 6) is -1.10. The van der Waals surface area contributed by atoms with E-state index in [0.717, 1.165) is 6.07 Å². The lowest BCUT2D eigenvalue weighted by Gasteiger charge is -2.09. The van der Waals surface area contributed by atoms with Crippen molar-refractivity contribution >= 4 is 15.9 Å². The van der Waals surface area contributed by atoms with Crippen LogP contribution >= 0.6 is 15.9 Å². The van der Waals surface area contributed by atoms with Gasteiger partial charge in [-0.25, -0.2) is 18.7 Å². The van der Waals surface area contributed by atoms with Gasteiger partial charge in [-0.1, -0.05) is 28.1 Å². The molecular formula is C12H9BrF2N2. The Hall–Kier alpha value is -1.36. The summed E-state index contributed by atoms with van der Waals surface area (Å²) in [5.41, 5.74) is 0.305. The fraction of sp³-hybridized carbons (Fsp3) is 0.167. The molecule has 0 amide bonds. The van der Waals surface area contributed by atoms with Crippen LogP contribution in [0.15, 0.2) is 36.7 Å². The molecule has 1 aromatic carbocycles. The Bertz CT molecular complexity index is 505. The number of hydrogen-bond acceptors (Lipinski definition) is 2. The van der Waals surface area contributed by atoms with Crippen LogP contribution in [0.2, 0.25) is 0 Å². The topological polar surface area (TPSA) is 25.8 Å². The van der Waals surface area contributed by atoms with E-state index >= 15 is 0 Å². The highest BCUT2D eigenvalue weighted by Gasteiger charge is 2.15. The number of benzene rings is 1. The fourth-order valence-electron chi connectivity index (χ4n) is 1.46. The van der Waals surface area contributed by atoms with Gasteiger partial charge in [-0.05, 0) is 24.1 Å². The second-order valence-corrected chi connectivity index (χ2v) is 4.60. The highest BCUT2D eigenvalue weighted by molar-refractivity contribution is 9.09. The standard InChI is InChI=1S/C12H9BrF2N2/c13-9(12-16-5-2-6-17-12)7-8-3-1-4-10(14)11(8)15/h1-6,9H,7H2. The third-order valence-electron chi connectivity index (χ3n) is 2.30. The van der Waals surface area contributed by atoms with Gasteiger partial charge in [0.05, 0.1) is 4.83 Å². The van der Waals surface area contributed by atoms with E-state index in [-0.39, 0.29) is 4.83 Å². The van der Waals surface area contributed by atoms with Crippen molar-refractivity contribution in [2.75, 3.05) is 0 Å². The third-order valence-corrected chi connectivity index (χ3v) is 3.03. The number of alkyl halides is 1. The molecule has 1 atom stereocenters. The molecule has 0 spiro atoms. The van der Waals surface area contributed by atoms with Crippen molar-refractivity contribution in [3.8, 4) is 0 Å².